The molecule has 5 nitrogen and oxygen atoms in total. The number of nitrogens with two attached hydrogens (primary N) is 1. The van der Waals surface area contributed by atoms with E-state index in [0.29, 0.717) is 6.07 Å². The molecule has 0 saturated carbocycles. The molecule has 0 aliphatic rings. The number of hydrogen-bond donors (Lipinski definition) is 2. The van der Waals surface area contributed by atoms with Gasteiger partial charge in [-0.1, -0.05) is 6.92 Å². The highest BCUT2D eigenvalue weighted by Gasteiger charge is 2.35. The molecular weight excluding hydrogens is 295 g/mol. The Bertz CT molecular complexity index is 635. The number of benzene rings is 1. The fourth-order valence-electron chi connectivity index (χ4n) is 1.49. The maximum absolute atomic E-state index is 12.8. The van der Waals surface area contributed by atoms with Crippen LogP contribution in [-0.4, -0.2) is 13.7 Å². The maximum atomic E-state index is 12.8. The van der Waals surface area contributed by atoms with Crippen molar-refractivity contribution in [3.63, 3.8) is 0 Å². The topological polar surface area (TPSA) is 96.0 Å². The van der Waals surface area contributed by atoms with Crippen LogP contribution in [0, 0.1) is 11.3 Å². The van der Waals surface area contributed by atoms with Crippen molar-refractivity contribution < 1.29 is 21.6 Å². The normalized spacial score (nSPS) is 13.6. The fraction of sp³-hybridized carbons (Fsp3) is 0.364. The predicted molar refractivity (Wildman–Crippen MR) is 68.1 cm³/mol. The summed E-state index contributed by atoms with van der Waals surface area (Å²) in [5.41, 5.74) is 3.27. The van der Waals surface area contributed by atoms with Crippen LogP contribution in [-0.2, 0) is 16.2 Å². The largest absolute Gasteiger partial charge is 0.418 e. The summed E-state index contributed by atoms with van der Waals surface area (Å²) in [6, 6.07) is 4.21. The summed E-state index contributed by atoms with van der Waals surface area (Å²) in [4.78, 5) is 0. The molecule has 1 unspecified atom stereocenters. The van der Waals surface area contributed by atoms with Crippen LogP contribution in [0.4, 0.5) is 24.5 Å². The Balaban J connectivity index is 3.27. The van der Waals surface area contributed by atoms with Crippen LogP contribution in [0.15, 0.2) is 18.2 Å². The molecule has 0 heterocycles. The lowest BCUT2D eigenvalue weighted by Gasteiger charge is -2.16. The Labute approximate surface area is 114 Å². The SMILES string of the molecule is CCC(C#N)S(=O)(=O)Nc1ccc(N)cc1C(F)(F)F. The third-order valence-electron chi connectivity index (χ3n) is 2.49. The Morgan fingerprint density at radius 2 is 2.05 bits per heavy atom. The first-order chi connectivity index (χ1) is 9.11. The standard InChI is InChI=1S/C11H12F3N3O2S/c1-2-8(6-15)20(18,19)17-10-4-3-7(16)5-9(10)11(12,13)14/h3-5,8,17H,2,16H2,1H3. The van der Waals surface area contributed by atoms with Crippen LogP contribution < -0.4 is 10.5 Å². The fourth-order valence-corrected chi connectivity index (χ4v) is 2.69. The minimum absolute atomic E-state index is 0.0395. The van der Waals surface area contributed by atoms with Crippen molar-refractivity contribution in [3.8, 4) is 6.07 Å². The smallest absolute Gasteiger partial charge is 0.399 e. The van der Waals surface area contributed by atoms with Crippen molar-refractivity contribution in [2.75, 3.05) is 10.5 Å². The van der Waals surface area contributed by atoms with E-state index in [1.54, 1.807) is 4.72 Å². The third-order valence-corrected chi connectivity index (χ3v) is 4.18. The lowest BCUT2D eigenvalue weighted by molar-refractivity contribution is -0.136. The molecule has 0 aliphatic carbocycles. The van der Waals surface area contributed by atoms with Gasteiger partial charge in [0.1, 0.15) is 0 Å². The zero-order valence-corrected chi connectivity index (χ0v) is 11.2. The Kier molecular flexibility index (Phi) is 4.50. The summed E-state index contributed by atoms with van der Waals surface area (Å²) in [7, 11) is -4.22. The number of alkyl halides is 3. The third kappa shape index (κ3) is 3.54. The molecule has 0 saturated heterocycles. The first-order valence-corrected chi connectivity index (χ1v) is 7.04. The highest BCUT2D eigenvalue weighted by molar-refractivity contribution is 7.93. The highest BCUT2D eigenvalue weighted by atomic mass is 32.2. The van der Waals surface area contributed by atoms with E-state index in [1.807, 2.05) is 0 Å². The number of halogens is 3. The van der Waals surface area contributed by atoms with Crippen molar-refractivity contribution in [2.45, 2.75) is 24.8 Å². The molecule has 0 amide bonds. The van der Waals surface area contributed by atoms with Gasteiger partial charge in [-0.25, -0.2) is 8.42 Å². The molecule has 0 radical (unpaired) electrons. The van der Waals surface area contributed by atoms with Crippen molar-refractivity contribution in [2.24, 2.45) is 0 Å². The summed E-state index contributed by atoms with van der Waals surface area (Å²) in [5.74, 6) is 0. The maximum Gasteiger partial charge on any atom is 0.418 e. The van der Waals surface area contributed by atoms with Crippen molar-refractivity contribution in [3.05, 3.63) is 23.8 Å². The molecule has 1 aromatic rings. The number of nitrogen functional groups attached to an aromatic ring is 1. The van der Waals surface area contributed by atoms with E-state index in [-0.39, 0.29) is 12.1 Å². The van der Waals surface area contributed by atoms with Crippen LogP contribution in [0.5, 0.6) is 0 Å². The number of rotatable bonds is 4. The lowest BCUT2D eigenvalue weighted by Crippen LogP contribution is -2.27. The van der Waals surface area contributed by atoms with E-state index in [1.165, 1.54) is 13.0 Å². The number of hydrogen-bond acceptors (Lipinski definition) is 4. The van der Waals surface area contributed by atoms with Crippen molar-refractivity contribution >= 4 is 21.4 Å². The summed E-state index contributed by atoms with van der Waals surface area (Å²) in [6.45, 7) is 1.45. The lowest BCUT2D eigenvalue weighted by atomic mass is 10.1. The van der Waals surface area contributed by atoms with Gasteiger partial charge in [0.2, 0.25) is 10.0 Å². The second-order valence-electron chi connectivity index (χ2n) is 3.98. The number of nitrogens with one attached hydrogen (secondary N) is 1. The first-order valence-electron chi connectivity index (χ1n) is 5.49. The molecule has 20 heavy (non-hydrogen) atoms. The van der Waals surface area contributed by atoms with E-state index in [4.69, 9.17) is 11.0 Å². The summed E-state index contributed by atoms with van der Waals surface area (Å²) >= 11 is 0. The van der Waals surface area contributed by atoms with Crippen molar-refractivity contribution in [1.82, 2.24) is 0 Å². The number of nitriles is 1. The van der Waals surface area contributed by atoms with Gasteiger partial charge in [-0.3, -0.25) is 4.72 Å². The minimum Gasteiger partial charge on any atom is -0.399 e. The molecule has 0 fully saturated rings. The Morgan fingerprint density at radius 1 is 1.45 bits per heavy atom. The highest BCUT2D eigenvalue weighted by Crippen LogP contribution is 2.36. The summed E-state index contributed by atoms with van der Waals surface area (Å²) in [5, 5.41) is 7.27. The Morgan fingerprint density at radius 3 is 2.50 bits per heavy atom. The van der Waals surface area contributed by atoms with E-state index in [2.05, 4.69) is 0 Å². The van der Waals surface area contributed by atoms with Gasteiger partial charge in [-0.15, -0.1) is 0 Å². The quantitative estimate of drug-likeness (QED) is 0.834. The van der Waals surface area contributed by atoms with Gasteiger partial charge in [0, 0.05) is 5.69 Å². The van der Waals surface area contributed by atoms with Gasteiger partial charge in [0.15, 0.2) is 5.25 Å². The second kappa shape index (κ2) is 5.58. The van der Waals surface area contributed by atoms with Gasteiger partial charge >= 0.3 is 6.18 Å². The van der Waals surface area contributed by atoms with Crippen LogP contribution >= 0.6 is 0 Å². The van der Waals surface area contributed by atoms with E-state index in [0.717, 1.165) is 12.1 Å². The molecule has 0 bridgehead atoms. The van der Waals surface area contributed by atoms with Crippen LogP contribution in [0.25, 0.3) is 0 Å². The molecular formula is C11H12F3N3O2S. The molecule has 1 rings (SSSR count). The van der Waals surface area contributed by atoms with Gasteiger partial charge in [-0.05, 0) is 24.6 Å². The van der Waals surface area contributed by atoms with Gasteiger partial charge in [-0.2, -0.15) is 18.4 Å². The number of nitrogens with zero attached hydrogens (tertiary/aromatic N) is 1. The monoisotopic (exact) mass is 307 g/mol. The van der Waals surface area contributed by atoms with Gasteiger partial charge < -0.3 is 5.73 Å². The molecule has 1 atom stereocenters. The zero-order valence-electron chi connectivity index (χ0n) is 10.4. The van der Waals surface area contributed by atoms with Crippen LogP contribution in [0.3, 0.4) is 0 Å². The molecule has 0 aromatic heterocycles. The molecule has 0 spiro atoms. The number of sulfonamides is 1. The number of anilines is 2. The van der Waals surface area contributed by atoms with Crippen molar-refractivity contribution in [1.29, 1.82) is 5.26 Å². The average Bonchev–Trinajstić information content (AvgIpc) is 2.31. The first kappa shape index (κ1) is 16.1. The van der Waals surface area contributed by atoms with Gasteiger partial charge in [0.05, 0.1) is 17.3 Å². The summed E-state index contributed by atoms with van der Waals surface area (Å²) in [6.07, 6.45) is -4.80. The van der Waals surface area contributed by atoms with E-state index in [9.17, 15) is 21.6 Å². The molecule has 110 valence electrons. The molecule has 9 heteroatoms. The predicted octanol–water partition coefficient (Wildman–Crippen LogP) is 2.33. The van der Waals surface area contributed by atoms with E-state index >= 15 is 0 Å². The molecule has 1 aromatic carbocycles. The summed E-state index contributed by atoms with van der Waals surface area (Å²) < 4.78 is 63.8. The molecule has 0 aliphatic heterocycles. The second-order valence-corrected chi connectivity index (χ2v) is 5.84. The Hall–Kier alpha value is -1.95. The molecule has 3 N–H and O–H groups in total. The van der Waals surface area contributed by atoms with Crippen LogP contribution in [0.2, 0.25) is 0 Å². The zero-order chi connectivity index (χ0) is 15.6. The van der Waals surface area contributed by atoms with Crippen LogP contribution in [0.1, 0.15) is 18.9 Å². The average molecular weight is 307 g/mol. The van der Waals surface area contributed by atoms with Gasteiger partial charge in [0.25, 0.3) is 0 Å². The minimum atomic E-state index is -4.76. The van der Waals surface area contributed by atoms with E-state index < -0.39 is 32.7 Å².